The molecule has 0 aromatic heterocycles. The number of phosphoric acid groups is 1. The van der Waals surface area contributed by atoms with Gasteiger partial charge < -0.3 is 38.1 Å². The smallest absolute Gasteiger partial charge is 0.306 e. The molecule has 0 spiro atoms. The molecule has 0 radical (unpaired) electrons. The van der Waals surface area contributed by atoms with Crippen LogP contribution in [0.3, 0.4) is 0 Å². The van der Waals surface area contributed by atoms with Crippen LogP contribution in [0.25, 0.3) is 0 Å². The Bertz CT molecular complexity index is 1310. The predicted molar refractivity (Wildman–Crippen MR) is 232 cm³/mol. The van der Waals surface area contributed by atoms with Gasteiger partial charge in [0.25, 0.3) is 7.82 Å². The highest BCUT2D eigenvalue weighted by Crippen LogP contribution is 2.38. The summed E-state index contributed by atoms with van der Waals surface area (Å²) in [7, 11) is 1.00. The Morgan fingerprint density at radius 2 is 1.41 bits per heavy atom. The lowest BCUT2D eigenvalue weighted by molar-refractivity contribution is -0.870. The van der Waals surface area contributed by atoms with Crippen molar-refractivity contribution < 1.29 is 57.1 Å². The highest BCUT2D eigenvalue weighted by Gasteiger charge is 2.39. The van der Waals surface area contributed by atoms with Crippen molar-refractivity contribution in [1.82, 2.24) is 0 Å². The van der Waals surface area contributed by atoms with E-state index in [4.69, 9.17) is 18.5 Å². The van der Waals surface area contributed by atoms with E-state index >= 15 is 0 Å². The monoisotopic (exact) mass is 854 g/mol. The third-order valence-electron chi connectivity index (χ3n) is 10.2. The first-order valence-electron chi connectivity index (χ1n) is 22.4. The second-order valence-corrected chi connectivity index (χ2v) is 18.2. The molecule has 1 rings (SSSR count). The normalized spacial score (nSPS) is 19.7. The molecule has 1 aliphatic carbocycles. The molecule has 6 atom stereocenters. The van der Waals surface area contributed by atoms with E-state index in [1.165, 1.54) is 19.3 Å². The van der Waals surface area contributed by atoms with E-state index in [1.807, 2.05) is 27.2 Å². The lowest BCUT2D eigenvalue weighted by atomic mass is 9.88. The van der Waals surface area contributed by atoms with Crippen molar-refractivity contribution in [2.75, 3.05) is 47.5 Å². The number of hydrogen-bond donors (Lipinski definition) is 2. The quantitative estimate of drug-likeness (QED) is 0.0203. The van der Waals surface area contributed by atoms with Crippen LogP contribution >= 0.6 is 7.82 Å². The fraction of sp³-hybridized carbons (Fsp3) is 0.761. The molecule has 0 heterocycles. The molecule has 340 valence electrons. The van der Waals surface area contributed by atoms with E-state index in [0.717, 1.165) is 70.6 Å². The van der Waals surface area contributed by atoms with Gasteiger partial charge in [-0.2, -0.15) is 0 Å². The molecule has 0 aromatic rings. The van der Waals surface area contributed by atoms with E-state index in [-0.39, 0.29) is 50.1 Å². The van der Waals surface area contributed by atoms with Crippen LogP contribution < -0.4 is 4.89 Å². The third-order valence-corrected chi connectivity index (χ3v) is 11.2. The molecule has 1 unspecified atom stereocenters. The van der Waals surface area contributed by atoms with Crippen LogP contribution in [0, 0.1) is 11.8 Å². The molecule has 13 heteroatoms. The number of aliphatic hydroxyl groups excluding tert-OH is 2. The van der Waals surface area contributed by atoms with Crippen molar-refractivity contribution in [3.05, 3.63) is 48.6 Å². The molecular weight excluding hydrogens is 773 g/mol. The average Bonchev–Trinajstić information content (AvgIpc) is 3.44. The van der Waals surface area contributed by atoms with E-state index < -0.39 is 44.7 Å². The molecule has 12 nitrogen and oxygen atoms in total. The van der Waals surface area contributed by atoms with Crippen molar-refractivity contribution in [3.8, 4) is 0 Å². The zero-order valence-corrected chi connectivity index (χ0v) is 38.0. The predicted octanol–water partition coefficient (Wildman–Crippen LogP) is 8.64. The van der Waals surface area contributed by atoms with Crippen molar-refractivity contribution >= 4 is 25.5 Å². The van der Waals surface area contributed by atoms with Gasteiger partial charge >= 0.3 is 11.9 Å². The van der Waals surface area contributed by atoms with Crippen LogP contribution in [0.1, 0.15) is 149 Å². The first-order valence-corrected chi connectivity index (χ1v) is 23.9. The number of carbonyl (C=O) groups excluding carboxylic acids is 3. The molecule has 0 aromatic carbocycles. The second kappa shape index (κ2) is 33.2. The lowest BCUT2D eigenvalue weighted by Crippen LogP contribution is -2.37. The van der Waals surface area contributed by atoms with Crippen LogP contribution in [0.5, 0.6) is 0 Å². The number of esters is 2. The third kappa shape index (κ3) is 30.3. The summed E-state index contributed by atoms with van der Waals surface area (Å²) in [4.78, 5) is 50.3. The number of Topliss-reactive ketones (excluding diaryl/α,β-unsaturated/α-hetero) is 1. The highest BCUT2D eigenvalue weighted by atomic mass is 31.2. The number of nitrogens with zero attached hydrogens (tertiary/aromatic N) is 1. The average molecular weight is 854 g/mol. The summed E-state index contributed by atoms with van der Waals surface area (Å²) < 4.78 is 33.8. The Labute approximate surface area is 356 Å². The number of rotatable bonds is 36. The van der Waals surface area contributed by atoms with Gasteiger partial charge in [0.05, 0.1) is 40.0 Å². The molecule has 0 amide bonds. The Balaban J connectivity index is 2.50. The highest BCUT2D eigenvalue weighted by molar-refractivity contribution is 7.45. The van der Waals surface area contributed by atoms with Gasteiger partial charge in [0.15, 0.2) is 6.10 Å². The number of ether oxygens (including phenoxy) is 2. The van der Waals surface area contributed by atoms with Crippen molar-refractivity contribution in [2.45, 2.75) is 167 Å². The lowest BCUT2D eigenvalue weighted by Gasteiger charge is -2.28. The summed E-state index contributed by atoms with van der Waals surface area (Å²) >= 11 is 0. The van der Waals surface area contributed by atoms with E-state index in [2.05, 4.69) is 50.3 Å². The number of unbranched alkanes of at least 4 members (excludes halogenated alkanes) is 10. The minimum atomic E-state index is -4.70. The van der Waals surface area contributed by atoms with Crippen LogP contribution in [-0.2, 0) is 37.5 Å². The molecule has 1 fully saturated rings. The van der Waals surface area contributed by atoms with Crippen molar-refractivity contribution in [2.24, 2.45) is 11.8 Å². The number of ketones is 1. The number of likely N-dealkylation sites (N-methyl/N-ethyl adjacent to an activating group) is 1. The van der Waals surface area contributed by atoms with Gasteiger partial charge in [-0.25, -0.2) is 0 Å². The first-order chi connectivity index (χ1) is 28.2. The molecule has 0 bridgehead atoms. The number of allylic oxidation sites excluding steroid dienone is 6. The zero-order valence-electron chi connectivity index (χ0n) is 37.1. The summed E-state index contributed by atoms with van der Waals surface area (Å²) in [5.41, 5.74) is 0. The van der Waals surface area contributed by atoms with E-state index in [1.54, 1.807) is 6.08 Å². The molecule has 1 saturated carbocycles. The Kier molecular flexibility index (Phi) is 30.7. The maximum absolute atomic E-state index is 12.7. The van der Waals surface area contributed by atoms with Gasteiger partial charge in [-0.15, -0.1) is 0 Å². The molecular formula is C46H80NO11P. The number of phosphoric ester groups is 1. The number of carbonyl (C=O) groups is 3. The van der Waals surface area contributed by atoms with Crippen LogP contribution in [-0.4, -0.2) is 98.2 Å². The van der Waals surface area contributed by atoms with E-state index in [0.29, 0.717) is 36.7 Å². The standard InChI is InChI=1S/C46H80NO11P/c1-6-8-10-11-12-13-14-15-16-17-18-19-20-21-27-31-46(52)58-40(38-57-59(53,54)56-35-34-47(3,4)5)37-55-45(51)30-26-23-22-25-29-41-42(44(50)36-43(41)49)33-32-39(48)28-24-9-7-2/h12-13,15-16,18-19,32-33,39-42,44,48,50H,6-11,14,17,20-31,34-38H2,1-5H3/b13-12-,16-15-,19-18-,33-32+/t39-,40+,41+,42+,44+/m0/s1. The van der Waals surface area contributed by atoms with E-state index in [9.17, 15) is 34.1 Å². The summed E-state index contributed by atoms with van der Waals surface area (Å²) in [5, 5.41) is 20.7. The fourth-order valence-electron chi connectivity index (χ4n) is 6.61. The van der Waals surface area contributed by atoms with Crippen LogP contribution in [0.2, 0.25) is 0 Å². The number of hydrogen-bond acceptors (Lipinski definition) is 11. The SMILES string of the molecule is CCCCC/C=C\C/C=C\C/C=C\CCCCC(=O)O[C@H](COC(=O)CCCCCC[C@H]1C(=O)C[C@@H](O)[C@@H]1/C=C/[C@@H](O)CCCCC)COP(=O)([O-])OCC[N+](C)(C)C. The first kappa shape index (κ1) is 54.6. The van der Waals surface area contributed by atoms with Gasteiger partial charge in [0, 0.05) is 31.1 Å². The Morgan fingerprint density at radius 3 is 2.07 bits per heavy atom. The molecule has 0 aliphatic heterocycles. The molecule has 1 aliphatic rings. The molecule has 0 saturated heterocycles. The van der Waals surface area contributed by atoms with Gasteiger partial charge in [0.2, 0.25) is 0 Å². The van der Waals surface area contributed by atoms with Gasteiger partial charge in [-0.1, -0.05) is 114 Å². The molecule has 2 N–H and O–H groups in total. The summed E-state index contributed by atoms with van der Waals surface area (Å²) in [6.45, 7) is 3.76. The minimum Gasteiger partial charge on any atom is -0.756 e. The topological polar surface area (TPSA) is 169 Å². The van der Waals surface area contributed by atoms with Crippen molar-refractivity contribution in [1.29, 1.82) is 0 Å². The maximum atomic E-state index is 12.7. The number of aliphatic hydroxyl groups is 2. The van der Waals surface area contributed by atoms with Crippen molar-refractivity contribution in [3.63, 3.8) is 0 Å². The molecule has 59 heavy (non-hydrogen) atoms. The zero-order chi connectivity index (χ0) is 43.8. The second-order valence-electron chi connectivity index (χ2n) is 16.8. The maximum Gasteiger partial charge on any atom is 0.306 e. The van der Waals surface area contributed by atoms with Gasteiger partial charge in [0.1, 0.15) is 25.5 Å². The Hall–Kier alpha value is -2.44. The Morgan fingerprint density at radius 1 is 0.814 bits per heavy atom. The van der Waals surface area contributed by atoms with Crippen LogP contribution in [0.4, 0.5) is 0 Å². The minimum absolute atomic E-state index is 0.0441. The fourth-order valence-corrected chi connectivity index (χ4v) is 7.34. The summed E-state index contributed by atoms with van der Waals surface area (Å²) in [6, 6.07) is 0. The van der Waals surface area contributed by atoms with Crippen LogP contribution in [0.15, 0.2) is 48.6 Å². The summed E-state index contributed by atoms with van der Waals surface area (Å²) in [6.07, 6.45) is 30.4. The van der Waals surface area contributed by atoms with Gasteiger partial charge in [-0.05, 0) is 64.2 Å². The van der Waals surface area contributed by atoms with Gasteiger partial charge in [-0.3, -0.25) is 18.9 Å². The largest absolute Gasteiger partial charge is 0.756 e. The number of quaternary nitrogens is 1. The summed E-state index contributed by atoms with van der Waals surface area (Å²) in [5.74, 6) is -1.58.